The Labute approximate surface area is 104 Å². The van der Waals surface area contributed by atoms with Gasteiger partial charge in [-0.2, -0.15) is 0 Å². The highest BCUT2D eigenvalue weighted by atomic mass is 16.3. The molecule has 1 aromatic carbocycles. The van der Waals surface area contributed by atoms with Gasteiger partial charge in [-0.15, -0.1) is 0 Å². The highest BCUT2D eigenvalue weighted by Crippen LogP contribution is 2.36. The van der Waals surface area contributed by atoms with Crippen molar-refractivity contribution >= 4 is 0 Å². The zero-order chi connectivity index (χ0) is 12.3. The Morgan fingerprint density at radius 3 is 3.00 bits per heavy atom. The van der Waals surface area contributed by atoms with Crippen molar-refractivity contribution in [1.29, 1.82) is 0 Å². The van der Waals surface area contributed by atoms with Crippen molar-refractivity contribution < 1.29 is 5.11 Å². The number of hydrogen-bond acceptors (Lipinski definition) is 2. The van der Waals surface area contributed by atoms with Gasteiger partial charge >= 0.3 is 0 Å². The van der Waals surface area contributed by atoms with E-state index in [1.807, 2.05) is 6.07 Å². The standard InChI is InChI=1S/C15H23NO/c1-2-5-12-6-3-7-13(10-12)15(17)9-4-8-14(16)11-15/h3,6-7,10,14,17H,2,4-5,8-9,11,16H2,1H3. The van der Waals surface area contributed by atoms with Crippen molar-refractivity contribution in [2.75, 3.05) is 0 Å². The molecule has 0 aliphatic heterocycles. The predicted molar refractivity (Wildman–Crippen MR) is 70.8 cm³/mol. The highest BCUT2D eigenvalue weighted by Gasteiger charge is 2.34. The lowest BCUT2D eigenvalue weighted by Crippen LogP contribution is -2.39. The van der Waals surface area contributed by atoms with Crippen LogP contribution < -0.4 is 5.73 Å². The molecule has 17 heavy (non-hydrogen) atoms. The number of benzene rings is 1. The summed E-state index contributed by atoms with van der Waals surface area (Å²) >= 11 is 0. The summed E-state index contributed by atoms with van der Waals surface area (Å²) in [6, 6.07) is 8.53. The summed E-state index contributed by atoms with van der Waals surface area (Å²) in [5, 5.41) is 10.7. The van der Waals surface area contributed by atoms with Gasteiger partial charge in [-0.05, 0) is 43.2 Å². The maximum Gasteiger partial charge on any atom is 0.0911 e. The third kappa shape index (κ3) is 2.88. The van der Waals surface area contributed by atoms with Gasteiger partial charge in [-0.25, -0.2) is 0 Å². The van der Waals surface area contributed by atoms with Crippen molar-refractivity contribution in [3.8, 4) is 0 Å². The van der Waals surface area contributed by atoms with Gasteiger partial charge in [0.1, 0.15) is 0 Å². The van der Waals surface area contributed by atoms with Crippen molar-refractivity contribution in [2.45, 2.75) is 57.1 Å². The van der Waals surface area contributed by atoms with E-state index in [0.29, 0.717) is 6.42 Å². The molecular weight excluding hydrogens is 210 g/mol. The van der Waals surface area contributed by atoms with E-state index >= 15 is 0 Å². The third-order valence-corrected chi connectivity index (χ3v) is 3.77. The van der Waals surface area contributed by atoms with E-state index in [0.717, 1.165) is 37.7 Å². The number of nitrogens with two attached hydrogens (primary N) is 1. The van der Waals surface area contributed by atoms with Crippen molar-refractivity contribution in [3.05, 3.63) is 35.4 Å². The van der Waals surface area contributed by atoms with E-state index in [2.05, 4.69) is 25.1 Å². The second-order valence-corrected chi connectivity index (χ2v) is 5.34. The van der Waals surface area contributed by atoms with Crippen LogP contribution in [0.15, 0.2) is 24.3 Å². The molecule has 0 heterocycles. The SMILES string of the molecule is CCCc1cccc(C2(O)CCCC(N)C2)c1. The van der Waals surface area contributed by atoms with Crippen LogP contribution in [0.4, 0.5) is 0 Å². The molecule has 2 unspecified atom stereocenters. The highest BCUT2D eigenvalue weighted by molar-refractivity contribution is 5.29. The lowest BCUT2D eigenvalue weighted by molar-refractivity contribution is -0.00722. The fourth-order valence-corrected chi connectivity index (χ4v) is 2.86. The fourth-order valence-electron chi connectivity index (χ4n) is 2.86. The van der Waals surface area contributed by atoms with Gasteiger partial charge in [0.2, 0.25) is 0 Å². The maximum absolute atomic E-state index is 10.7. The number of aryl methyl sites for hydroxylation is 1. The molecule has 2 heteroatoms. The van der Waals surface area contributed by atoms with E-state index in [-0.39, 0.29) is 6.04 Å². The second kappa shape index (κ2) is 5.19. The lowest BCUT2D eigenvalue weighted by atomic mass is 9.77. The molecule has 0 spiro atoms. The van der Waals surface area contributed by atoms with Gasteiger partial charge in [0.25, 0.3) is 0 Å². The van der Waals surface area contributed by atoms with Gasteiger partial charge in [-0.1, -0.05) is 37.6 Å². The van der Waals surface area contributed by atoms with Crippen molar-refractivity contribution in [3.63, 3.8) is 0 Å². The Hall–Kier alpha value is -0.860. The first-order valence-corrected chi connectivity index (χ1v) is 6.71. The summed E-state index contributed by atoms with van der Waals surface area (Å²) in [6.07, 6.45) is 5.82. The molecule has 1 fully saturated rings. The summed E-state index contributed by atoms with van der Waals surface area (Å²) in [7, 11) is 0. The quantitative estimate of drug-likeness (QED) is 0.843. The average Bonchev–Trinajstić information content (AvgIpc) is 2.29. The Morgan fingerprint density at radius 1 is 1.47 bits per heavy atom. The molecule has 1 saturated carbocycles. The summed E-state index contributed by atoms with van der Waals surface area (Å²) in [5.41, 5.74) is 7.66. The molecule has 2 atom stereocenters. The van der Waals surface area contributed by atoms with Gasteiger partial charge in [-0.3, -0.25) is 0 Å². The molecule has 1 aliphatic rings. The van der Waals surface area contributed by atoms with E-state index in [1.165, 1.54) is 5.56 Å². The number of rotatable bonds is 3. The lowest BCUT2D eigenvalue weighted by Gasteiger charge is -2.36. The monoisotopic (exact) mass is 233 g/mol. The Balaban J connectivity index is 2.22. The molecule has 0 aromatic heterocycles. The predicted octanol–water partition coefficient (Wildman–Crippen LogP) is 2.73. The largest absolute Gasteiger partial charge is 0.385 e. The van der Waals surface area contributed by atoms with Crippen LogP contribution in [0.25, 0.3) is 0 Å². The van der Waals surface area contributed by atoms with Crippen LogP contribution >= 0.6 is 0 Å². The zero-order valence-electron chi connectivity index (χ0n) is 10.7. The van der Waals surface area contributed by atoms with Crippen LogP contribution in [-0.2, 0) is 12.0 Å². The number of hydrogen-bond donors (Lipinski definition) is 2. The fraction of sp³-hybridized carbons (Fsp3) is 0.600. The molecule has 0 radical (unpaired) electrons. The molecule has 0 bridgehead atoms. The summed E-state index contributed by atoms with van der Waals surface area (Å²) in [5.74, 6) is 0. The van der Waals surface area contributed by atoms with E-state index in [9.17, 15) is 5.11 Å². The topological polar surface area (TPSA) is 46.2 Å². The smallest absolute Gasteiger partial charge is 0.0911 e. The van der Waals surface area contributed by atoms with Crippen LogP contribution in [0.5, 0.6) is 0 Å². The number of aliphatic hydroxyl groups is 1. The van der Waals surface area contributed by atoms with E-state index in [4.69, 9.17) is 5.73 Å². The molecule has 2 rings (SSSR count). The molecule has 0 amide bonds. The van der Waals surface area contributed by atoms with E-state index in [1.54, 1.807) is 0 Å². The second-order valence-electron chi connectivity index (χ2n) is 5.34. The molecule has 1 aliphatic carbocycles. The first-order chi connectivity index (χ1) is 8.14. The normalized spacial score (nSPS) is 29.2. The average molecular weight is 233 g/mol. The third-order valence-electron chi connectivity index (χ3n) is 3.77. The first-order valence-electron chi connectivity index (χ1n) is 6.71. The molecule has 0 saturated heterocycles. The Morgan fingerprint density at radius 2 is 2.29 bits per heavy atom. The van der Waals surface area contributed by atoms with E-state index < -0.39 is 5.60 Å². The van der Waals surface area contributed by atoms with Gasteiger partial charge in [0.15, 0.2) is 0 Å². The van der Waals surface area contributed by atoms with Crippen LogP contribution in [0.1, 0.15) is 50.2 Å². The molecule has 3 N–H and O–H groups in total. The minimum Gasteiger partial charge on any atom is -0.385 e. The maximum atomic E-state index is 10.7. The summed E-state index contributed by atoms with van der Waals surface area (Å²) in [4.78, 5) is 0. The summed E-state index contributed by atoms with van der Waals surface area (Å²) < 4.78 is 0. The van der Waals surface area contributed by atoms with Crippen LogP contribution in [0, 0.1) is 0 Å². The molecule has 1 aromatic rings. The van der Waals surface area contributed by atoms with Crippen molar-refractivity contribution in [2.24, 2.45) is 5.73 Å². The molecule has 2 nitrogen and oxygen atoms in total. The Bertz CT molecular complexity index is 377. The van der Waals surface area contributed by atoms with Crippen LogP contribution in [0.3, 0.4) is 0 Å². The van der Waals surface area contributed by atoms with Crippen molar-refractivity contribution in [1.82, 2.24) is 0 Å². The van der Waals surface area contributed by atoms with Crippen LogP contribution in [0.2, 0.25) is 0 Å². The van der Waals surface area contributed by atoms with Gasteiger partial charge < -0.3 is 10.8 Å². The molecular formula is C15H23NO. The van der Waals surface area contributed by atoms with Crippen LogP contribution in [-0.4, -0.2) is 11.1 Å². The summed E-state index contributed by atoms with van der Waals surface area (Å²) in [6.45, 7) is 2.18. The minimum atomic E-state index is -0.693. The first kappa shape index (κ1) is 12.6. The Kier molecular flexibility index (Phi) is 3.85. The van der Waals surface area contributed by atoms with Gasteiger partial charge in [0.05, 0.1) is 5.60 Å². The minimum absolute atomic E-state index is 0.142. The zero-order valence-corrected chi connectivity index (χ0v) is 10.7. The molecule has 94 valence electrons. The van der Waals surface area contributed by atoms with Gasteiger partial charge in [0, 0.05) is 6.04 Å².